The summed E-state index contributed by atoms with van der Waals surface area (Å²) in [5.74, 6) is -2.59. The zero-order valence-corrected chi connectivity index (χ0v) is 15.5. The molecule has 0 saturated heterocycles. The first-order chi connectivity index (χ1) is 13.5. The van der Waals surface area contributed by atoms with Crippen LogP contribution in [0.15, 0.2) is 36.0 Å². The maximum Gasteiger partial charge on any atom is 0.303 e. The SMILES string of the molecule is COc1ccc(C2=C(COc3c(F)cc(CCC(=O)O)cc3F)CCC2)cn1. The number of halogens is 2. The smallest absolute Gasteiger partial charge is 0.303 e. The quantitative estimate of drug-likeness (QED) is 0.725. The van der Waals surface area contributed by atoms with Gasteiger partial charge in [0.1, 0.15) is 6.61 Å². The Bertz CT molecular complexity index is 871. The molecule has 7 heteroatoms. The van der Waals surface area contributed by atoms with Gasteiger partial charge in [0.05, 0.1) is 7.11 Å². The van der Waals surface area contributed by atoms with E-state index in [9.17, 15) is 13.6 Å². The lowest BCUT2D eigenvalue weighted by Gasteiger charge is -2.12. The molecular weight excluding hydrogens is 368 g/mol. The van der Waals surface area contributed by atoms with Gasteiger partial charge in [-0.15, -0.1) is 0 Å². The summed E-state index contributed by atoms with van der Waals surface area (Å²) in [6.45, 7) is 0.0870. The number of carboxylic acids is 1. The average molecular weight is 389 g/mol. The first-order valence-electron chi connectivity index (χ1n) is 9.01. The summed E-state index contributed by atoms with van der Waals surface area (Å²) >= 11 is 0. The fraction of sp³-hybridized carbons (Fsp3) is 0.333. The van der Waals surface area contributed by atoms with Crippen molar-refractivity contribution in [2.24, 2.45) is 0 Å². The van der Waals surface area contributed by atoms with Gasteiger partial charge in [0.25, 0.3) is 0 Å². The highest BCUT2D eigenvalue weighted by Crippen LogP contribution is 2.35. The predicted molar refractivity (Wildman–Crippen MR) is 99.4 cm³/mol. The Balaban J connectivity index is 1.74. The number of aryl methyl sites for hydroxylation is 1. The summed E-state index contributed by atoms with van der Waals surface area (Å²) in [6.07, 6.45) is 4.18. The molecule has 1 aromatic heterocycles. The fourth-order valence-electron chi connectivity index (χ4n) is 3.30. The van der Waals surface area contributed by atoms with Crippen LogP contribution in [0.1, 0.15) is 36.8 Å². The number of aromatic nitrogens is 1. The molecule has 1 N–H and O–H groups in total. The van der Waals surface area contributed by atoms with E-state index >= 15 is 0 Å². The Kier molecular flexibility index (Phi) is 6.23. The van der Waals surface area contributed by atoms with Crippen molar-refractivity contribution in [2.75, 3.05) is 13.7 Å². The van der Waals surface area contributed by atoms with E-state index < -0.39 is 23.4 Å². The van der Waals surface area contributed by atoms with E-state index in [1.807, 2.05) is 6.07 Å². The minimum absolute atomic E-state index is 0.0588. The summed E-state index contributed by atoms with van der Waals surface area (Å²) in [7, 11) is 1.55. The van der Waals surface area contributed by atoms with Crippen LogP contribution in [0.2, 0.25) is 0 Å². The number of carboxylic acid groups (broad SMARTS) is 1. The predicted octanol–water partition coefficient (Wildman–Crippen LogP) is 4.40. The van der Waals surface area contributed by atoms with Gasteiger partial charge in [-0.2, -0.15) is 0 Å². The molecule has 0 saturated carbocycles. The third kappa shape index (κ3) is 4.65. The highest BCUT2D eigenvalue weighted by atomic mass is 19.1. The van der Waals surface area contributed by atoms with Crippen LogP contribution in [0.3, 0.4) is 0 Å². The first-order valence-corrected chi connectivity index (χ1v) is 9.01. The zero-order chi connectivity index (χ0) is 20.1. The summed E-state index contributed by atoms with van der Waals surface area (Å²) in [4.78, 5) is 14.8. The number of rotatable bonds is 8. The van der Waals surface area contributed by atoms with Gasteiger partial charge < -0.3 is 14.6 Å². The number of hydrogen-bond acceptors (Lipinski definition) is 4. The van der Waals surface area contributed by atoms with Gasteiger partial charge in [0.15, 0.2) is 17.4 Å². The van der Waals surface area contributed by atoms with Crippen molar-refractivity contribution in [2.45, 2.75) is 32.1 Å². The molecule has 1 aliphatic rings. The molecule has 0 radical (unpaired) electrons. The number of benzene rings is 1. The molecule has 0 bridgehead atoms. The lowest BCUT2D eigenvalue weighted by Crippen LogP contribution is -2.06. The summed E-state index contributed by atoms with van der Waals surface area (Å²) < 4.78 is 39.0. The second-order valence-corrected chi connectivity index (χ2v) is 6.60. The number of carbonyl (C=O) groups is 1. The van der Waals surface area contributed by atoms with Crippen molar-refractivity contribution in [3.05, 3.63) is 58.8 Å². The molecule has 0 fully saturated rings. The molecule has 0 spiro atoms. The third-order valence-corrected chi connectivity index (χ3v) is 4.70. The Hall–Kier alpha value is -2.96. The van der Waals surface area contributed by atoms with E-state index in [2.05, 4.69) is 4.98 Å². The molecule has 1 aliphatic carbocycles. The summed E-state index contributed by atoms with van der Waals surface area (Å²) in [5, 5.41) is 8.69. The minimum atomic E-state index is -1.02. The van der Waals surface area contributed by atoms with Crippen molar-refractivity contribution < 1.29 is 28.2 Å². The number of pyridine rings is 1. The summed E-state index contributed by atoms with van der Waals surface area (Å²) in [6, 6.07) is 5.93. The highest BCUT2D eigenvalue weighted by molar-refractivity contribution is 5.70. The number of allylic oxidation sites excluding steroid dienone is 1. The first kappa shape index (κ1) is 19.8. The van der Waals surface area contributed by atoms with Crippen LogP contribution < -0.4 is 9.47 Å². The Morgan fingerprint density at radius 3 is 2.57 bits per heavy atom. The molecule has 2 aromatic rings. The van der Waals surface area contributed by atoms with Crippen LogP contribution in [-0.4, -0.2) is 29.8 Å². The van der Waals surface area contributed by atoms with Crippen LogP contribution in [0.25, 0.3) is 5.57 Å². The van der Waals surface area contributed by atoms with E-state index in [1.165, 1.54) is 0 Å². The number of hydrogen-bond donors (Lipinski definition) is 1. The van der Waals surface area contributed by atoms with Gasteiger partial charge in [-0.05, 0) is 66.2 Å². The molecule has 0 amide bonds. The van der Waals surface area contributed by atoms with E-state index in [0.717, 1.165) is 48.1 Å². The van der Waals surface area contributed by atoms with Gasteiger partial charge in [-0.1, -0.05) is 0 Å². The number of ether oxygens (including phenoxy) is 2. The van der Waals surface area contributed by atoms with Crippen molar-refractivity contribution in [1.82, 2.24) is 4.98 Å². The Labute approximate surface area is 161 Å². The molecule has 148 valence electrons. The number of methoxy groups -OCH3 is 1. The number of aliphatic carboxylic acids is 1. The lowest BCUT2D eigenvalue weighted by molar-refractivity contribution is -0.136. The molecule has 3 rings (SSSR count). The molecular formula is C21H21F2NO4. The van der Waals surface area contributed by atoms with E-state index in [-0.39, 0.29) is 25.0 Å². The maximum absolute atomic E-state index is 14.3. The summed E-state index contributed by atoms with van der Waals surface area (Å²) in [5.41, 5.74) is 3.30. The van der Waals surface area contributed by atoms with Crippen LogP contribution in [0.4, 0.5) is 8.78 Å². The van der Waals surface area contributed by atoms with Gasteiger partial charge in [0, 0.05) is 18.7 Å². The largest absolute Gasteiger partial charge is 0.483 e. The van der Waals surface area contributed by atoms with Crippen LogP contribution in [-0.2, 0) is 11.2 Å². The highest BCUT2D eigenvalue weighted by Gasteiger charge is 2.19. The maximum atomic E-state index is 14.3. The van der Waals surface area contributed by atoms with Crippen molar-refractivity contribution in [3.8, 4) is 11.6 Å². The Morgan fingerprint density at radius 2 is 1.96 bits per heavy atom. The van der Waals surface area contributed by atoms with Gasteiger partial charge >= 0.3 is 5.97 Å². The van der Waals surface area contributed by atoms with Crippen LogP contribution >= 0.6 is 0 Å². The molecule has 1 aromatic carbocycles. The third-order valence-electron chi connectivity index (χ3n) is 4.70. The standard InChI is InChI=1S/C21H21F2NO4/c1-27-19-7-6-14(11-24-19)16-4-2-3-15(16)12-28-21-17(22)9-13(10-18(21)23)5-8-20(25)26/h6-7,9-11H,2-5,8,12H2,1H3,(H,25,26). The molecule has 5 nitrogen and oxygen atoms in total. The fourth-order valence-corrected chi connectivity index (χ4v) is 3.30. The minimum Gasteiger partial charge on any atom is -0.483 e. The average Bonchev–Trinajstić information content (AvgIpc) is 3.14. The zero-order valence-electron chi connectivity index (χ0n) is 15.5. The van der Waals surface area contributed by atoms with Gasteiger partial charge in [0.2, 0.25) is 5.88 Å². The van der Waals surface area contributed by atoms with Crippen molar-refractivity contribution in [3.63, 3.8) is 0 Å². The van der Waals surface area contributed by atoms with Gasteiger partial charge in [-0.3, -0.25) is 4.79 Å². The number of nitrogens with zero attached hydrogens (tertiary/aromatic N) is 1. The Morgan fingerprint density at radius 1 is 1.21 bits per heavy atom. The second-order valence-electron chi connectivity index (χ2n) is 6.60. The van der Waals surface area contributed by atoms with Crippen molar-refractivity contribution in [1.29, 1.82) is 0 Å². The molecule has 0 atom stereocenters. The molecule has 28 heavy (non-hydrogen) atoms. The van der Waals surface area contributed by atoms with E-state index in [4.69, 9.17) is 14.6 Å². The second kappa shape index (κ2) is 8.82. The molecule has 0 aliphatic heterocycles. The molecule has 0 unspecified atom stereocenters. The van der Waals surface area contributed by atoms with Crippen LogP contribution in [0.5, 0.6) is 11.6 Å². The topological polar surface area (TPSA) is 68.7 Å². The van der Waals surface area contributed by atoms with E-state index in [0.29, 0.717) is 5.88 Å². The lowest BCUT2D eigenvalue weighted by atomic mass is 10.0. The normalized spacial score (nSPS) is 13.7. The van der Waals surface area contributed by atoms with E-state index in [1.54, 1.807) is 19.4 Å². The van der Waals surface area contributed by atoms with Crippen molar-refractivity contribution >= 4 is 11.5 Å². The van der Waals surface area contributed by atoms with Crippen LogP contribution in [0, 0.1) is 11.6 Å². The monoisotopic (exact) mass is 389 g/mol. The van der Waals surface area contributed by atoms with Gasteiger partial charge in [-0.25, -0.2) is 13.8 Å². The molecule has 1 heterocycles.